The molecule has 0 bridgehead atoms. The molecule has 142 valence electrons. The van der Waals surface area contributed by atoms with E-state index in [-0.39, 0.29) is 5.82 Å². The van der Waals surface area contributed by atoms with Gasteiger partial charge in [0.2, 0.25) is 12.3 Å². The maximum atomic E-state index is 13.3. The Labute approximate surface area is 163 Å². The van der Waals surface area contributed by atoms with E-state index in [9.17, 15) is 4.39 Å². The molecule has 1 atom stereocenters. The summed E-state index contributed by atoms with van der Waals surface area (Å²) in [6.45, 7) is 7.87. The van der Waals surface area contributed by atoms with E-state index < -0.39 is 6.42 Å². The van der Waals surface area contributed by atoms with Gasteiger partial charge in [-0.05, 0) is 43.0 Å². The number of aryl methyl sites for hydroxylation is 2. The number of rotatable bonds is 6. The summed E-state index contributed by atoms with van der Waals surface area (Å²) in [5.74, 6) is 0.688. The molecule has 0 aliphatic carbocycles. The van der Waals surface area contributed by atoms with E-state index in [1.54, 1.807) is 16.8 Å². The first-order valence-corrected chi connectivity index (χ1v) is 11.5. The highest BCUT2D eigenvalue weighted by Gasteiger charge is 2.40. The topological polar surface area (TPSA) is 66.4 Å². The zero-order valence-electron chi connectivity index (χ0n) is 15.5. The number of benzene rings is 1. The van der Waals surface area contributed by atoms with E-state index in [0.29, 0.717) is 30.2 Å². The number of hydrogen-bond donors (Lipinski definition) is 0. The molecule has 2 heterocycles. The first-order chi connectivity index (χ1) is 12.9. The van der Waals surface area contributed by atoms with Crippen molar-refractivity contribution in [3.63, 3.8) is 0 Å². The molecule has 9 heteroatoms. The average molecular weight is 405 g/mol. The highest BCUT2D eigenvalue weighted by Crippen LogP contribution is 2.55. The molecule has 27 heavy (non-hydrogen) atoms. The Hall–Kier alpha value is -2.07. The third-order valence-corrected chi connectivity index (χ3v) is 8.68. The third-order valence-electron chi connectivity index (χ3n) is 4.40. The molecule has 1 aromatic carbocycles. The first kappa shape index (κ1) is 19.7. The van der Waals surface area contributed by atoms with Crippen molar-refractivity contribution in [3.05, 3.63) is 41.3 Å². The molecule has 3 rings (SSSR count). The van der Waals surface area contributed by atoms with Crippen molar-refractivity contribution in [2.75, 3.05) is 13.1 Å². The molecule has 6 nitrogen and oxygen atoms in total. The minimum absolute atomic E-state index is 0.323. The number of halogens is 1. The van der Waals surface area contributed by atoms with Gasteiger partial charge >= 0.3 is 0 Å². The Morgan fingerprint density at radius 1 is 1.30 bits per heavy atom. The summed E-state index contributed by atoms with van der Waals surface area (Å²) in [4.78, 5) is 4.66. The van der Waals surface area contributed by atoms with Crippen molar-refractivity contribution in [1.29, 1.82) is 5.26 Å². The second kappa shape index (κ2) is 7.89. The lowest BCUT2D eigenvalue weighted by molar-refractivity contribution is 0.447. The smallest absolute Gasteiger partial charge is 0.227 e. The lowest BCUT2D eigenvalue weighted by Gasteiger charge is -2.35. The maximum Gasteiger partial charge on any atom is 0.227 e. The Kier molecular flexibility index (Phi) is 5.75. The monoisotopic (exact) mass is 405 g/mol. The van der Waals surface area contributed by atoms with E-state index >= 15 is 0 Å². The van der Waals surface area contributed by atoms with Gasteiger partial charge in [0.15, 0.2) is 5.82 Å². The Bertz CT molecular complexity index is 959. The van der Waals surface area contributed by atoms with Gasteiger partial charge in [-0.1, -0.05) is 13.8 Å². The van der Waals surface area contributed by atoms with Crippen molar-refractivity contribution in [3.8, 4) is 6.07 Å². The summed E-state index contributed by atoms with van der Waals surface area (Å²) in [5, 5.41) is 14.4. The van der Waals surface area contributed by atoms with Gasteiger partial charge in [-0.15, -0.1) is 0 Å². The molecule has 0 saturated heterocycles. The number of nitriles is 1. The number of aliphatic imine (C=N–C) groups is 1. The van der Waals surface area contributed by atoms with Crippen LogP contribution in [-0.2, 0) is 22.9 Å². The minimum Gasteiger partial charge on any atom is -0.431 e. The third kappa shape index (κ3) is 3.55. The van der Waals surface area contributed by atoms with Gasteiger partial charge in [-0.2, -0.15) is 15.4 Å². The normalized spacial score (nSPS) is 18.6. The summed E-state index contributed by atoms with van der Waals surface area (Å²) >= 11 is 6.09. The molecule has 0 spiro atoms. The van der Waals surface area contributed by atoms with Gasteiger partial charge in [0.25, 0.3) is 0 Å². The molecule has 0 amide bonds. The fraction of sp³-hybridized carbons (Fsp3) is 0.389. The predicted molar refractivity (Wildman–Crippen MR) is 108 cm³/mol. The number of hydrogen-bond acceptors (Lipinski definition) is 5. The zero-order valence-corrected chi connectivity index (χ0v) is 17.2. The molecule has 1 unspecified atom stereocenters. The SMILES string of the molecule is CCN(CC)P1(=S)OC(c2ccc(F)cc2)=Nc2c1c(C)nn2CCC#N. The lowest BCUT2D eigenvalue weighted by atomic mass is 10.2. The molecule has 1 aliphatic heterocycles. The number of aromatic nitrogens is 2. The van der Waals surface area contributed by atoms with E-state index in [4.69, 9.17) is 21.6 Å². The molecule has 0 fully saturated rings. The van der Waals surface area contributed by atoms with Gasteiger partial charge in [0.1, 0.15) is 11.1 Å². The van der Waals surface area contributed by atoms with Crippen LogP contribution in [0.5, 0.6) is 0 Å². The van der Waals surface area contributed by atoms with Crippen LogP contribution in [0.3, 0.4) is 0 Å². The van der Waals surface area contributed by atoms with Gasteiger partial charge in [0, 0.05) is 18.7 Å². The van der Waals surface area contributed by atoms with Crippen molar-refractivity contribution in [1.82, 2.24) is 14.5 Å². The van der Waals surface area contributed by atoms with E-state index in [2.05, 4.69) is 20.8 Å². The van der Waals surface area contributed by atoms with Crippen LogP contribution in [0, 0.1) is 24.1 Å². The van der Waals surface area contributed by atoms with Crippen LogP contribution >= 0.6 is 6.42 Å². The molecule has 1 aliphatic rings. The van der Waals surface area contributed by atoms with Gasteiger partial charge in [0.05, 0.1) is 24.7 Å². The largest absolute Gasteiger partial charge is 0.431 e. The first-order valence-electron chi connectivity index (χ1n) is 8.79. The summed E-state index contributed by atoms with van der Waals surface area (Å²) in [6, 6.07) is 8.14. The highest BCUT2D eigenvalue weighted by atomic mass is 32.4. The van der Waals surface area contributed by atoms with Crippen LogP contribution in [0.15, 0.2) is 29.3 Å². The molecule has 0 N–H and O–H groups in total. The summed E-state index contributed by atoms with van der Waals surface area (Å²) in [7, 11) is 0. The quantitative estimate of drug-likeness (QED) is 0.687. The number of nitrogens with zero attached hydrogens (tertiary/aromatic N) is 5. The van der Waals surface area contributed by atoms with Crippen molar-refractivity contribution in [2.24, 2.45) is 4.99 Å². The van der Waals surface area contributed by atoms with Gasteiger partial charge in [-0.3, -0.25) is 0 Å². The van der Waals surface area contributed by atoms with Crippen molar-refractivity contribution in [2.45, 2.75) is 33.7 Å². The van der Waals surface area contributed by atoms with Crippen LogP contribution in [0.25, 0.3) is 0 Å². The molecular weight excluding hydrogens is 384 g/mol. The van der Waals surface area contributed by atoms with Crippen LogP contribution < -0.4 is 5.30 Å². The van der Waals surface area contributed by atoms with Crippen LogP contribution in [0.4, 0.5) is 10.2 Å². The Morgan fingerprint density at radius 2 is 1.96 bits per heavy atom. The minimum atomic E-state index is -2.62. The summed E-state index contributed by atoms with van der Waals surface area (Å²) in [5.41, 5.74) is 1.44. The summed E-state index contributed by atoms with van der Waals surface area (Å²) < 4.78 is 23.5. The van der Waals surface area contributed by atoms with Crippen LogP contribution in [0.2, 0.25) is 0 Å². The van der Waals surface area contributed by atoms with Crippen LogP contribution in [0.1, 0.15) is 31.5 Å². The average Bonchev–Trinajstić information content (AvgIpc) is 2.98. The molecule has 2 aromatic rings. The standard InChI is InChI=1S/C18H21FN5OPS/c1-4-23(5-2)26(27)16-13(3)22-24(12-6-11-20)17(16)21-18(25-26)14-7-9-15(19)10-8-14/h7-10H,4-6,12H2,1-3H3. The lowest BCUT2D eigenvalue weighted by Crippen LogP contribution is -2.32. The Balaban J connectivity index is 2.20. The zero-order chi connectivity index (χ0) is 19.6. The summed E-state index contributed by atoms with van der Waals surface area (Å²) in [6.07, 6.45) is -2.30. The molecular formula is C18H21FN5OPS. The molecule has 0 radical (unpaired) electrons. The fourth-order valence-electron chi connectivity index (χ4n) is 3.10. The van der Waals surface area contributed by atoms with E-state index in [0.717, 1.165) is 24.1 Å². The molecule has 1 aromatic heterocycles. The maximum absolute atomic E-state index is 13.3. The molecule has 0 saturated carbocycles. The second-order valence-corrected chi connectivity index (χ2v) is 9.78. The second-order valence-electron chi connectivity index (χ2n) is 6.06. The van der Waals surface area contributed by atoms with Crippen LogP contribution in [-0.4, -0.2) is 33.4 Å². The number of fused-ring (bicyclic) bond motifs is 1. The highest BCUT2D eigenvalue weighted by molar-refractivity contribution is 8.15. The van der Waals surface area contributed by atoms with E-state index in [1.807, 2.05) is 20.8 Å². The van der Waals surface area contributed by atoms with E-state index in [1.165, 1.54) is 12.1 Å². The van der Waals surface area contributed by atoms with Crippen molar-refractivity contribution >= 4 is 35.2 Å². The van der Waals surface area contributed by atoms with Crippen molar-refractivity contribution < 1.29 is 8.91 Å². The predicted octanol–water partition coefficient (Wildman–Crippen LogP) is 3.63. The Morgan fingerprint density at radius 3 is 2.56 bits per heavy atom. The fourth-order valence-corrected chi connectivity index (χ4v) is 7.13. The van der Waals surface area contributed by atoms with Gasteiger partial charge in [-0.25, -0.2) is 13.7 Å². The van der Waals surface area contributed by atoms with Gasteiger partial charge < -0.3 is 4.52 Å².